The third kappa shape index (κ3) is 3.33. The summed E-state index contributed by atoms with van der Waals surface area (Å²) in [4.78, 5) is 4.34. The van der Waals surface area contributed by atoms with Gasteiger partial charge in [-0.05, 0) is 12.1 Å². The van der Waals surface area contributed by atoms with E-state index in [1.165, 1.54) is 0 Å². The lowest BCUT2D eigenvalue weighted by molar-refractivity contribution is 0.767. The zero-order chi connectivity index (χ0) is 12.8. The minimum Gasteiger partial charge on any atom is -0.325 e. The van der Waals surface area contributed by atoms with Crippen LogP contribution in [-0.4, -0.2) is 15.7 Å². The van der Waals surface area contributed by atoms with E-state index in [2.05, 4.69) is 20.8 Å². The Morgan fingerprint density at radius 2 is 2.17 bits per heavy atom. The van der Waals surface area contributed by atoms with E-state index in [1.54, 1.807) is 10.9 Å². The van der Waals surface area contributed by atoms with Crippen LogP contribution in [0.1, 0.15) is 5.56 Å². The summed E-state index contributed by atoms with van der Waals surface area (Å²) < 4.78 is 1.74. The molecule has 0 spiro atoms. The highest BCUT2D eigenvalue weighted by molar-refractivity contribution is 5.93. The second kappa shape index (κ2) is 5.83. The second-order valence-electron chi connectivity index (χ2n) is 3.82. The van der Waals surface area contributed by atoms with Crippen LogP contribution in [0.2, 0.25) is 0 Å². The fraction of sp³-hybridized carbons (Fsp3) is 0.167. The first-order valence-corrected chi connectivity index (χ1v) is 5.58. The number of aliphatic imine (C=N–C) groups is 1. The molecule has 2 rings (SSSR count). The van der Waals surface area contributed by atoms with Gasteiger partial charge in [-0.25, -0.2) is 10.8 Å². The summed E-state index contributed by atoms with van der Waals surface area (Å²) in [5, 5.41) is 7.17. The summed E-state index contributed by atoms with van der Waals surface area (Å²) >= 11 is 0. The molecule has 0 radical (unpaired) electrons. The molecule has 6 nitrogen and oxygen atoms in total. The zero-order valence-electron chi connectivity index (χ0n) is 10.2. The molecule has 0 unspecified atom stereocenters. The molecule has 0 fully saturated rings. The molecule has 1 aromatic heterocycles. The number of hydrazine groups is 1. The van der Waals surface area contributed by atoms with E-state index in [0.717, 1.165) is 11.3 Å². The van der Waals surface area contributed by atoms with E-state index in [9.17, 15) is 0 Å². The topological polar surface area (TPSA) is 80.3 Å². The summed E-state index contributed by atoms with van der Waals surface area (Å²) in [5.74, 6) is 5.94. The van der Waals surface area contributed by atoms with Crippen molar-refractivity contribution < 1.29 is 0 Å². The van der Waals surface area contributed by atoms with Crippen molar-refractivity contribution in [2.24, 2.45) is 17.9 Å². The van der Waals surface area contributed by atoms with Gasteiger partial charge in [-0.2, -0.15) is 5.10 Å². The number of guanidine groups is 1. The maximum absolute atomic E-state index is 5.43. The molecule has 0 aliphatic carbocycles. The molecule has 0 aliphatic rings. The average molecular weight is 244 g/mol. The number of nitrogens with two attached hydrogens (primary N) is 1. The van der Waals surface area contributed by atoms with E-state index in [1.807, 2.05) is 43.6 Å². The van der Waals surface area contributed by atoms with Crippen molar-refractivity contribution in [2.75, 3.05) is 5.32 Å². The highest BCUT2D eigenvalue weighted by atomic mass is 15.3. The fourth-order valence-corrected chi connectivity index (χ4v) is 1.50. The van der Waals surface area contributed by atoms with Crippen LogP contribution in [0.3, 0.4) is 0 Å². The van der Waals surface area contributed by atoms with Crippen molar-refractivity contribution in [3.8, 4) is 0 Å². The van der Waals surface area contributed by atoms with Crippen LogP contribution in [0.5, 0.6) is 0 Å². The van der Waals surface area contributed by atoms with Gasteiger partial charge >= 0.3 is 0 Å². The smallest absolute Gasteiger partial charge is 0.210 e. The van der Waals surface area contributed by atoms with Crippen LogP contribution < -0.4 is 16.6 Å². The number of nitrogens with zero attached hydrogens (tertiary/aromatic N) is 3. The molecule has 0 bridgehead atoms. The number of nitrogens with one attached hydrogen (secondary N) is 2. The summed E-state index contributed by atoms with van der Waals surface area (Å²) in [6.45, 7) is 0.521. The Hall–Kier alpha value is -2.34. The highest BCUT2D eigenvalue weighted by Gasteiger charge is 1.98. The Morgan fingerprint density at radius 3 is 2.78 bits per heavy atom. The number of anilines is 1. The van der Waals surface area contributed by atoms with Crippen LogP contribution in [0.4, 0.5) is 5.69 Å². The normalized spacial score (nSPS) is 11.3. The lowest BCUT2D eigenvalue weighted by Gasteiger charge is -2.08. The first kappa shape index (κ1) is 12.1. The van der Waals surface area contributed by atoms with Crippen molar-refractivity contribution in [1.82, 2.24) is 15.2 Å². The third-order valence-electron chi connectivity index (χ3n) is 2.35. The van der Waals surface area contributed by atoms with Crippen molar-refractivity contribution in [3.05, 3.63) is 48.3 Å². The average Bonchev–Trinajstić information content (AvgIpc) is 2.81. The van der Waals surface area contributed by atoms with Crippen molar-refractivity contribution >= 4 is 11.6 Å². The molecule has 0 atom stereocenters. The summed E-state index contributed by atoms with van der Waals surface area (Å²) in [7, 11) is 1.87. The number of para-hydroxylation sites is 1. The van der Waals surface area contributed by atoms with Gasteiger partial charge in [0, 0.05) is 24.5 Å². The van der Waals surface area contributed by atoms with Crippen LogP contribution >= 0.6 is 0 Å². The van der Waals surface area contributed by atoms with Crippen molar-refractivity contribution in [1.29, 1.82) is 0 Å². The quantitative estimate of drug-likeness (QED) is 0.324. The van der Waals surface area contributed by atoms with Crippen molar-refractivity contribution in [3.63, 3.8) is 0 Å². The van der Waals surface area contributed by atoms with Gasteiger partial charge in [-0.15, -0.1) is 0 Å². The number of hydrogen-bond acceptors (Lipinski definition) is 3. The molecule has 94 valence electrons. The van der Waals surface area contributed by atoms with Gasteiger partial charge in [-0.3, -0.25) is 10.1 Å². The van der Waals surface area contributed by atoms with Crippen molar-refractivity contribution in [2.45, 2.75) is 6.54 Å². The number of rotatable bonds is 3. The molecule has 18 heavy (non-hydrogen) atoms. The zero-order valence-corrected chi connectivity index (χ0v) is 10.2. The van der Waals surface area contributed by atoms with Crippen LogP contribution in [0.25, 0.3) is 0 Å². The minimum atomic E-state index is 0.519. The molecular formula is C12H16N6. The Kier molecular flexibility index (Phi) is 3.93. The SMILES string of the molecule is Cn1cc(CN=C(NN)Nc2ccccc2)cn1. The summed E-state index contributed by atoms with van der Waals surface area (Å²) in [5.41, 5.74) is 4.50. The standard InChI is InChI=1S/C12H16N6/c1-18-9-10(8-15-18)7-14-12(17-13)16-11-5-3-2-4-6-11/h2-6,8-9H,7,13H2,1H3,(H2,14,16,17). The Morgan fingerprint density at radius 1 is 1.39 bits per heavy atom. The molecule has 2 aromatic rings. The molecule has 0 amide bonds. The van der Waals surface area contributed by atoms with E-state index in [-0.39, 0.29) is 0 Å². The van der Waals surface area contributed by atoms with E-state index < -0.39 is 0 Å². The lowest BCUT2D eigenvalue weighted by atomic mass is 10.3. The Balaban J connectivity index is 2.00. The van der Waals surface area contributed by atoms with Gasteiger partial charge < -0.3 is 5.32 Å². The Labute approximate surface area is 105 Å². The largest absolute Gasteiger partial charge is 0.325 e. The molecule has 0 aliphatic heterocycles. The minimum absolute atomic E-state index is 0.519. The monoisotopic (exact) mass is 244 g/mol. The molecule has 4 N–H and O–H groups in total. The summed E-state index contributed by atoms with van der Waals surface area (Å²) in [6, 6.07) is 9.72. The van der Waals surface area contributed by atoms with Crippen LogP contribution in [-0.2, 0) is 13.6 Å². The van der Waals surface area contributed by atoms with E-state index in [0.29, 0.717) is 12.5 Å². The predicted molar refractivity (Wildman–Crippen MR) is 71.7 cm³/mol. The molecule has 1 aromatic carbocycles. The first-order chi connectivity index (χ1) is 8.78. The maximum Gasteiger partial charge on any atom is 0.210 e. The molecular weight excluding hydrogens is 228 g/mol. The Bertz CT molecular complexity index is 516. The van der Waals surface area contributed by atoms with Gasteiger partial charge in [0.25, 0.3) is 0 Å². The predicted octanol–water partition coefficient (Wildman–Crippen LogP) is 0.851. The number of aryl methyl sites for hydroxylation is 1. The fourth-order valence-electron chi connectivity index (χ4n) is 1.50. The molecule has 0 saturated carbocycles. The van der Waals surface area contributed by atoms with E-state index >= 15 is 0 Å². The van der Waals surface area contributed by atoms with Gasteiger partial charge in [0.15, 0.2) is 0 Å². The number of benzene rings is 1. The third-order valence-corrected chi connectivity index (χ3v) is 2.35. The molecule has 0 saturated heterocycles. The van der Waals surface area contributed by atoms with Crippen LogP contribution in [0, 0.1) is 0 Å². The molecule has 6 heteroatoms. The van der Waals surface area contributed by atoms with Gasteiger partial charge in [0.1, 0.15) is 0 Å². The van der Waals surface area contributed by atoms with E-state index in [4.69, 9.17) is 5.84 Å². The maximum atomic E-state index is 5.43. The first-order valence-electron chi connectivity index (χ1n) is 5.58. The highest BCUT2D eigenvalue weighted by Crippen LogP contribution is 2.05. The number of hydrogen-bond donors (Lipinski definition) is 3. The van der Waals surface area contributed by atoms with Gasteiger partial charge in [0.05, 0.1) is 12.7 Å². The lowest BCUT2D eigenvalue weighted by Crippen LogP contribution is -2.36. The van der Waals surface area contributed by atoms with Crippen LogP contribution in [0.15, 0.2) is 47.7 Å². The number of aromatic nitrogens is 2. The van der Waals surface area contributed by atoms with Gasteiger partial charge in [-0.1, -0.05) is 18.2 Å². The second-order valence-corrected chi connectivity index (χ2v) is 3.82. The molecule has 1 heterocycles. The van der Waals surface area contributed by atoms with Gasteiger partial charge in [0.2, 0.25) is 5.96 Å². The summed E-state index contributed by atoms with van der Waals surface area (Å²) in [6.07, 6.45) is 3.69.